The fourth-order valence-corrected chi connectivity index (χ4v) is 2.79. The minimum Gasteiger partial charge on any atom is -0.467 e. The lowest BCUT2D eigenvalue weighted by Crippen LogP contribution is -2.45. The van der Waals surface area contributed by atoms with Crippen LogP contribution in [-0.2, 0) is 25.4 Å². The number of carbonyl (C=O) groups excluding carboxylic acids is 3. The predicted octanol–water partition coefficient (Wildman–Crippen LogP) is 4.03. The lowest BCUT2D eigenvalue weighted by atomic mass is 10.0. The van der Waals surface area contributed by atoms with Gasteiger partial charge in [0.25, 0.3) is 0 Å². The van der Waals surface area contributed by atoms with Crippen molar-refractivity contribution in [3.8, 4) is 0 Å². The van der Waals surface area contributed by atoms with Crippen molar-refractivity contribution in [2.75, 3.05) is 7.11 Å². The third kappa shape index (κ3) is 6.50. The number of alkyl carbamates (subject to hydrolysis) is 1. The summed E-state index contributed by atoms with van der Waals surface area (Å²) >= 11 is 0. The SMILES string of the molecule is COC(=O)C(Cc1ccc2ccn(C(=O)OC(C)(C)C)c2c1)NC(=O)OC(C)(C)C. The van der Waals surface area contributed by atoms with Crippen LogP contribution in [0.1, 0.15) is 47.1 Å². The van der Waals surface area contributed by atoms with Crippen LogP contribution in [-0.4, -0.2) is 47.1 Å². The topological polar surface area (TPSA) is 95.9 Å². The molecule has 2 aromatic rings. The summed E-state index contributed by atoms with van der Waals surface area (Å²) < 4.78 is 16.9. The fraction of sp³-hybridized carbons (Fsp3) is 0.500. The monoisotopic (exact) mass is 418 g/mol. The maximum absolute atomic E-state index is 12.5. The van der Waals surface area contributed by atoms with Gasteiger partial charge in [-0.15, -0.1) is 0 Å². The first kappa shape index (κ1) is 23.3. The molecular formula is C22H30N2O6. The van der Waals surface area contributed by atoms with Crippen LogP contribution in [0.25, 0.3) is 10.9 Å². The lowest BCUT2D eigenvalue weighted by Gasteiger charge is -2.22. The zero-order valence-corrected chi connectivity index (χ0v) is 18.6. The Morgan fingerprint density at radius 3 is 2.20 bits per heavy atom. The number of carbonyl (C=O) groups is 3. The molecule has 1 heterocycles. The number of fused-ring (bicyclic) bond motifs is 1. The Labute approximate surface area is 176 Å². The van der Waals surface area contributed by atoms with Gasteiger partial charge in [-0.25, -0.2) is 14.4 Å². The van der Waals surface area contributed by atoms with Crippen molar-refractivity contribution in [3.05, 3.63) is 36.0 Å². The normalized spacial score (nSPS) is 12.9. The van der Waals surface area contributed by atoms with Crippen LogP contribution in [0.4, 0.5) is 9.59 Å². The molecule has 0 aliphatic carbocycles. The number of amides is 1. The van der Waals surface area contributed by atoms with Crippen LogP contribution >= 0.6 is 0 Å². The molecule has 164 valence electrons. The number of nitrogens with one attached hydrogen (secondary N) is 1. The highest BCUT2D eigenvalue weighted by Gasteiger charge is 2.26. The van der Waals surface area contributed by atoms with E-state index in [9.17, 15) is 14.4 Å². The van der Waals surface area contributed by atoms with Gasteiger partial charge in [0.1, 0.15) is 17.2 Å². The van der Waals surface area contributed by atoms with Crippen molar-refractivity contribution in [2.24, 2.45) is 0 Å². The first-order chi connectivity index (χ1) is 13.8. The number of benzene rings is 1. The molecule has 1 aromatic carbocycles. The molecule has 8 heteroatoms. The number of hydrogen-bond donors (Lipinski definition) is 1. The van der Waals surface area contributed by atoms with Gasteiger partial charge in [0.15, 0.2) is 0 Å². The Morgan fingerprint density at radius 2 is 1.63 bits per heavy atom. The van der Waals surface area contributed by atoms with Gasteiger partial charge in [0, 0.05) is 18.0 Å². The summed E-state index contributed by atoms with van der Waals surface area (Å²) in [5.41, 5.74) is 0.0522. The van der Waals surface area contributed by atoms with E-state index in [1.807, 2.05) is 12.1 Å². The van der Waals surface area contributed by atoms with Crippen LogP contribution in [0.5, 0.6) is 0 Å². The van der Waals surface area contributed by atoms with Crippen molar-refractivity contribution in [1.82, 2.24) is 9.88 Å². The summed E-state index contributed by atoms with van der Waals surface area (Å²) in [5, 5.41) is 3.40. The molecule has 0 aliphatic heterocycles. The van der Waals surface area contributed by atoms with E-state index < -0.39 is 35.4 Å². The lowest BCUT2D eigenvalue weighted by molar-refractivity contribution is -0.143. The molecule has 2 rings (SSSR count). The molecule has 0 saturated carbocycles. The van der Waals surface area contributed by atoms with Crippen molar-refractivity contribution in [1.29, 1.82) is 0 Å². The highest BCUT2D eigenvalue weighted by atomic mass is 16.6. The number of ether oxygens (including phenoxy) is 3. The van der Waals surface area contributed by atoms with Gasteiger partial charge in [0.2, 0.25) is 0 Å². The number of esters is 1. The molecule has 0 spiro atoms. The summed E-state index contributed by atoms with van der Waals surface area (Å²) in [6, 6.07) is 6.32. The van der Waals surface area contributed by atoms with Gasteiger partial charge in [-0.05, 0) is 59.2 Å². The zero-order chi connectivity index (χ0) is 22.7. The highest BCUT2D eigenvalue weighted by molar-refractivity contribution is 5.90. The van der Waals surface area contributed by atoms with E-state index in [0.29, 0.717) is 5.52 Å². The Balaban J connectivity index is 2.27. The van der Waals surface area contributed by atoms with Gasteiger partial charge in [-0.3, -0.25) is 4.57 Å². The molecule has 0 aliphatic rings. The number of aromatic nitrogens is 1. The Morgan fingerprint density at radius 1 is 1.00 bits per heavy atom. The molecule has 1 atom stereocenters. The van der Waals surface area contributed by atoms with E-state index in [1.165, 1.54) is 11.7 Å². The molecule has 1 unspecified atom stereocenters. The summed E-state index contributed by atoms with van der Waals surface area (Å²) in [6.07, 6.45) is 0.600. The van der Waals surface area contributed by atoms with Crippen LogP contribution in [0.3, 0.4) is 0 Å². The van der Waals surface area contributed by atoms with Gasteiger partial charge in [-0.1, -0.05) is 12.1 Å². The summed E-state index contributed by atoms with van der Waals surface area (Å²) in [5.74, 6) is -0.594. The molecule has 0 fully saturated rings. The third-order valence-corrected chi connectivity index (χ3v) is 3.96. The Kier molecular flexibility index (Phi) is 6.80. The average Bonchev–Trinajstić information content (AvgIpc) is 3.00. The van der Waals surface area contributed by atoms with E-state index in [4.69, 9.17) is 14.2 Å². The zero-order valence-electron chi connectivity index (χ0n) is 18.6. The van der Waals surface area contributed by atoms with E-state index in [2.05, 4.69) is 5.32 Å². The first-order valence-electron chi connectivity index (χ1n) is 9.70. The van der Waals surface area contributed by atoms with Gasteiger partial charge in [-0.2, -0.15) is 0 Å². The van der Waals surface area contributed by atoms with E-state index in [0.717, 1.165) is 10.9 Å². The third-order valence-electron chi connectivity index (χ3n) is 3.96. The molecule has 1 amide bonds. The largest absolute Gasteiger partial charge is 0.467 e. The molecule has 0 bridgehead atoms. The van der Waals surface area contributed by atoms with Crippen molar-refractivity contribution in [3.63, 3.8) is 0 Å². The van der Waals surface area contributed by atoms with Crippen molar-refractivity contribution < 1.29 is 28.6 Å². The summed E-state index contributed by atoms with van der Waals surface area (Å²) in [6.45, 7) is 10.6. The quantitative estimate of drug-likeness (QED) is 0.595. The number of nitrogens with zero attached hydrogens (tertiary/aromatic N) is 1. The van der Waals surface area contributed by atoms with Gasteiger partial charge in [0.05, 0.1) is 12.6 Å². The van der Waals surface area contributed by atoms with Crippen LogP contribution < -0.4 is 5.32 Å². The molecular weight excluding hydrogens is 388 g/mol. The molecule has 0 saturated heterocycles. The average molecular weight is 418 g/mol. The van der Waals surface area contributed by atoms with E-state index >= 15 is 0 Å². The first-order valence-corrected chi connectivity index (χ1v) is 9.70. The molecule has 30 heavy (non-hydrogen) atoms. The molecule has 1 N–H and O–H groups in total. The molecule has 0 radical (unpaired) electrons. The maximum atomic E-state index is 12.5. The Bertz CT molecular complexity index is 933. The molecule has 8 nitrogen and oxygen atoms in total. The fourth-order valence-electron chi connectivity index (χ4n) is 2.79. The predicted molar refractivity (Wildman–Crippen MR) is 112 cm³/mol. The standard InChI is InChI=1S/C22H30N2O6/c1-21(2,3)29-19(26)23-16(18(25)28-7)12-14-8-9-15-10-11-24(17(15)13-14)20(27)30-22(4,5)6/h8-11,13,16H,12H2,1-7H3,(H,23,26). The number of hydrogen-bond acceptors (Lipinski definition) is 6. The highest BCUT2D eigenvalue weighted by Crippen LogP contribution is 2.21. The Hall–Kier alpha value is -3.03. The smallest absolute Gasteiger partial charge is 0.418 e. The van der Waals surface area contributed by atoms with Gasteiger partial charge < -0.3 is 19.5 Å². The minimum atomic E-state index is -0.938. The second-order valence-corrected chi connectivity index (χ2v) is 8.99. The summed E-state index contributed by atoms with van der Waals surface area (Å²) in [4.78, 5) is 36.8. The minimum absolute atomic E-state index is 0.168. The van der Waals surface area contributed by atoms with Crippen LogP contribution in [0.15, 0.2) is 30.5 Å². The second-order valence-electron chi connectivity index (χ2n) is 8.99. The van der Waals surface area contributed by atoms with E-state index in [-0.39, 0.29) is 6.42 Å². The number of rotatable bonds is 4. The van der Waals surface area contributed by atoms with Crippen molar-refractivity contribution in [2.45, 2.75) is 65.2 Å². The van der Waals surface area contributed by atoms with Crippen molar-refractivity contribution >= 4 is 29.1 Å². The van der Waals surface area contributed by atoms with E-state index in [1.54, 1.807) is 59.9 Å². The second kappa shape index (κ2) is 8.77. The molecule has 1 aromatic heterocycles. The number of methoxy groups -OCH3 is 1. The van der Waals surface area contributed by atoms with Gasteiger partial charge >= 0.3 is 18.2 Å². The van der Waals surface area contributed by atoms with Crippen LogP contribution in [0, 0.1) is 0 Å². The summed E-state index contributed by atoms with van der Waals surface area (Å²) in [7, 11) is 1.25. The van der Waals surface area contributed by atoms with Crippen LogP contribution in [0.2, 0.25) is 0 Å². The maximum Gasteiger partial charge on any atom is 0.418 e.